The fourth-order valence-corrected chi connectivity index (χ4v) is 2.40. The van der Waals surface area contributed by atoms with Gasteiger partial charge in [-0.1, -0.05) is 27.5 Å². The number of ether oxygens (including phenoxy) is 1. The van der Waals surface area contributed by atoms with Crippen LogP contribution in [0.3, 0.4) is 0 Å². The highest BCUT2D eigenvalue weighted by Crippen LogP contribution is 2.41. The van der Waals surface area contributed by atoms with Gasteiger partial charge in [-0.05, 0) is 25.0 Å². The summed E-state index contributed by atoms with van der Waals surface area (Å²) in [5, 5.41) is 10.4. The predicted molar refractivity (Wildman–Crippen MR) is 58.8 cm³/mol. The third kappa shape index (κ3) is 1.76. The Morgan fingerprint density at radius 2 is 2.29 bits per heavy atom. The molecule has 2 rings (SSSR count). The van der Waals surface area contributed by atoms with Crippen molar-refractivity contribution >= 4 is 27.5 Å². The summed E-state index contributed by atoms with van der Waals surface area (Å²) in [5.74, 6) is 0.617. The Hall–Kier alpha value is -0.250. The summed E-state index contributed by atoms with van der Waals surface area (Å²) >= 11 is 9.39. The molecule has 0 aromatic heterocycles. The van der Waals surface area contributed by atoms with Crippen molar-refractivity contribution in [1.29, 1.82) is 0 Å². The molecule has 1 aromatic rings. The molecule has 76 valence electrons. The number of hydrogen-bond donors (Lipinski definition) is 1. The standard InChI is InChI=1S/C10H10BrClO2/c11-6-3-4-7(12)10-9(6)8(13)2-1-5-14-10/h3-4,8,13H,1-2,5H2/t8-/m0/s1. The van der Waals surface area contributed by atoms with E-state index in [4.69, 9.17) is 16.3 Å². The fraction of sp³-hybridized carbons (Fsp3) is 0.400. The Bertz CT molecular complexity index is 354. The van der Waals surface area contributed by atoms with Gasteiger partial charge in [-0.15, -0.1) is 0 Å². The van der Waals surface area contributed by atoms with E-state index in [0.717, 1.165) is 16.5 Å². The van der Waals surface area contributed by atoms with Crippen LogP contribution in [0.15, 0.2) is 16.6 Å². The summed E-state index contributed by atoms with van der Waals surface area (Å²) in [6, 6.07) is 3.60. The van der Waals surface area contributed by atoms with Crippen LogP contribution in [0.2, 0.25) is 5.02 Å². The lowest BCUT2D eigenvalue weighted by Crippen LogP contribution is -1.98. The van der Waals surface area contributed by atoms with Crippen LogP contribution in [0.25, 0.3) is 0 Å². The lowest BCUT2D eigenvalue weighted by molar-refractivity contribution is 0.167. The largest absolute Gasteiger partial charge is 0.492 e. The molecule has 1 aliphatic heterocycles. The van der Waals surface area contributed by atoms with Crippen LogP contribution in [-0.2, 0) is 0 Å². The van der Waals surface area contributed by atoms with E-state index in [9.17, 15) is 5.11 Å². The molecular weight excluding hydrogens is 267 g/mol. The van der Waals surface area contributed by atoms with E-state index in [1.54, 1.807) is 6.07 Å². The highest BCUT2D eigenvalue weighted by Gasteiger charge is 2.22. The summed E-state index contributed by atoms with van der Waals surface area (Å²) in [4.78, 5) is 0. The predicted octanol–water partition coefficient (Wildman–Crippen LogP) is 3.31. The number of aliphatic hydroxyl groups excluding tert-OH is 1. The van der Waals surface area contributed by atoms with Gasteiger partial charge in [-0.25, -0.2) is 0 Å². The molecule has 1 atom stereocenters. The van der Waals surface area contributed by atoms with E-state index < -0.39 is 6.10 Å². The smallest absolute Gasteiger partial charge is 0.144 e. The first-order valence-corrected chi connectivity index (χ1v) is 5.66. The number of fused-ring (bicyclic) bond motifs is 1. The fourth-order valence-electron chi connectivity index (χ4n) is 1.60. The van der Waals surface area contributed by atoms with Gasteiger partial charge in [0.15, 0.2) is 0 Å². The second kappa shape index (κ2) is 4.09. The molecule has 4 heteroatoms. The number of hydrogen-bond acceptors (Lipinski definition) is 2. The minimum atomic E-state index is -0.486. The van der Waals surface area contributed by atoms with Gasteiger partial charge in [0.25, 0.3) is 0 Å². The Morgan fingerprint density at radius 3 is 3.07 bits per heavy atom. The third-order valence-electron chi connectivity index (χ3n) is 2.30. The van der Waals surface area contributed by atoms with Gasteiger partial charge in [0, 0.05) is 10.0 Å². The van der Waals surface area contributed by atoms with Crippen molar-refractivity contribution in [2.45, 2.75) is 18.9 Å². The summed E-state index contributed by atoms with van der Waals surface area (Å²) in [5.41, 5.74) is 0.773. The zero-order valence-electron chi connectivity index (χ0n) is 7.46. The van der Waals surface area contributed by atoms with Crippen molar-refractivity contribution in [2.24, 2.45) is 0 Å². The molecule has 0 fully saturated rings. The normalized spacial score (nSPS) is 20.9. The topological polar surface area (TPSA) is 29.5 Å². The Balaban J connectivity index is 2.57. The second-order valence-corrected chi connectivity index (χ2v) is 4.54. The molecule has 0 unspecified atom stereocenters. The molecule has 14 heavy (non-hydrogen) atoms. The zero-order valence-corrected chi connectivity index (χ0v) is 9.81. The molecule has 0 spiro atoms. The van der Waals surface area contributed by atoms with Crippen LogP contribution >= 0.6 is 27.5 Å². The molecule has 0 bridgehead atoms. The maximum Gasteiger partial charge on any atom is 0.144 e. The quantitative estimate of drug-likeness (QED) is 0.788. The van der Waals surface area contributed by atoms with E-state index >= 15 is 0 Å². The van der Waals surface area contributed by atoms with Gasteiger partial charge in [0.2, 0.25) is 0 Å². The van der Waals surface area contributed by atoms with Crippen molar-refractivity contribution < 1.29 is 9.84 Å². The van der Waals surface area contributed by atoms with Crippen molar-refractivity contribution in [3.63, 3.8) is 0 Å². The van der Waals surface area contributed by atoms with E-state index in [1.807, 2.05) is 6.07 Å². The number of halogens is 2. The molecule has 0 saturated heterocycles. The van der Waals surface area contributed by atoms with Crippen molar-refractivity contribution in [3.8, 4) is 5.75 Å². The van der Waals surface area contributed by atoms with Crippen molar-refractivity contribution in [2.75, 3.05) is 6.61 Å². The Kier molecular flexibility index (Phi) is 3.00. The zero-order chi connectivity index (χ0) is 10.1. The monoisotopic (exact) mass is 276 g/mol. The van der Waals surface area contributed by atoms with Crippen molar-refractivity contribution in [3.05, 3.63) is 27.2 Å². The molecule has 2 nitrogen and oxygen atoms in total. The molecule has 1 aromatic carbocycles. The second-order valence-electron chi connectivity index (χ2n) is 3.28. The summed E-state index contributed by atoms with van der Waals surface area (Å²) in [7, 11) is 0. The molecule has 1 N–H and O–H groups in total. The lowest BCUT2D eigenvalue weighted by Gasteiger charge is -2.13. The van der Waals surface area contributed by atoms with Crippen LogP contribution in [-0.4, -0.2) is 11.7 Å². The van der Waals surface area contributed by atoms with Crippen LogP contribution in [0.5, 0.6) is 5.75 Å². The number of aliphatic hydroxyl groups is 1. The molecule has 1 heterocycles. The minimum Gasteiger partial charge on any atom is -0.492 e. The highest BCUT2D eigenvalue weighted by molar-refractivity contribution is 9.10. The first-order valence-electron chi connectivity index (χ1n) is 4.49. The Morgan fingerprint density at radius 1 is 1.50 bits per heavy atom. The van der Waals surface area contributed by atoms with Crippen LogP contribution in [0.4, 0.5) is 0 Å². The maximum atomic E-state index is 9.88. The van der Waals surface area contributed by atoms with Crippen LogP contribution in [0.1, 0.15) is 24.5 Å². The van der Waals surface area contributed by atoms with Crippen LogP contribution in [0, 0.1) is 0 Å². The van der Waals surface area contributed by atoms with Crippen LogP contribution < -0.4 is 4.74 Å². The van der Waals surface area contributed by atoms with Gasteiger partial charge in [0.05, 0.1) is 17.7 Å². The van der Waals surface area contributed by atoms with Gasteiger partial charge < -0.3 is 9.84 Å². The molecular formula is C10H10BrClO2. The summed E-state index contributed by atoms with van der Waals surface area (Å²) < 4.78 is 6.36. The highest BCUT2D eigenvalue weighted by atomic mass is 79.9. The van der Waals surface area contributed by atoms with Gasteiger partial charge >= 0.3 is 0 Å². The molecule has 0 saturated carbocycles. The first kappa shape index (κ1) is 10.3. The number of benzene rings is 1. The molecule has 0 aliphatic carbocycles. The molecule has 0 radical (unpaired) electrons. The first-order chi connectivity index (χ1) is 6.70. The summed E-state index contributed by atoms with van der Waals surface area (Å²) in [6.45, 7) is 0.611. The molecule has 0 amide bonds. The van der Waals surface area contributed by atoms with E-state index in [-0.39, 0.29) is 0 Å². The summed E-state index contributed by atoms with van der Waals surface area (Å²) in [6.07, 6.45) is 1.07. The van der Waals surface area contributed by atoms with Gasteiger partial charge in [-0.3, -0.25) is 0 Å². The number of rotatable bonds is 0. The maximum absolute atomic E-state index is 9.88. The average molecular weight is 278 g/mol. The van der Waals surface area contributed by atoms with E-state index in [1.165, 1.54) is 0 Å². The lowest BCUT2D eigenvalue weighted by atomic mass is 10.1. The Labute approximate surface area is 96.0 Å². The van der Waals surface area contributed by atoms with E-state index in [2.05, 4.69) is 15.9 Å². The van der Waals surface area contributed by atoms with E-state index in [0.29, 0.717) is 23.8 Å². The van der Waals surface area contributed by atoms with Gasteiger partial charge in [0.1, 0.15) is 5.75 Å². The average Bonchev–Trinajstić information content (AvgIpc) is 2.35. The van der Waals surface area contributed by atoms with Gasteiger partial charge in [-0.2, -0.15) is 0 Å². The third-order valence-corrected chi connectivity index (χ3v) is 3.29. The SMILES string of the molecule is O[C@H]1CCCOc2c(Cl)ccc(Br)c21. The minimum absolute atomic E-state index is 0.486. The molecule has 1 aliphatic rings. The van der Waals surface area contributed by atoms with Crippen molar-refractivity contribution in [1.82, 2.24) is 0 Å².